The van der Waals surface area contributed by atoms with Crippen LogP contribution in [0.2, 0.25) is 0 Å². The molecular formula is C14H22N2O. The van der Waals surface area contributed by atoms with Gasteiger partial charge in [0.1, 0.15) is 0 Å². The second kappa shape index (κ2) is 6.03. The van der Waals surface area contributed by atoms with Crippen LogP contribution in [0.15, 0.2) is 24.3 Å². The third-order valence-corrected chi connectivity index (χ3v) is 3.32. The minimum atomic E-state index is 0.105. The van der Waals surface area contributed by atoms with Crippen molar-refractivity contribution in [3.8, 4) is 0 Å². The van der Waals surface area contributed by atoms with E-state index in [2.05, 4.69) is 23.6 Å². The van der Waals surface area contributed by atoms with Gasteiger partial charge in [0.25, 0.3) is 0 Å². The summed E-state index contributed by atoms with van der Waals surface area (Å²) < 4.78 is 0. The Hall–Kier alpha value is -1.06. The zero-order valence-corrected chi connectivity index (χ0v) is 10.4. The minimum absolute atomic E-state index is 0.105. The molecule has 1 aromatic rings. The molecule has 2 rings (SSSR count). The van der Waals surface area contributed by atoms with Gasteiger partial charge in [-0.1, -0.05) is 12.1 Å². The van der Waals surface area contributed by atoms with Gasteiger partial charge in [-0.3, -0.25) is 0 Å². The number of rotatable bonds is 5. The second-order valence-corrected chi connectivity index (χ2v) is 4.93. The molecule has 0 saturated carbocycles. The van der Waals surface area contributed by atoms with E-state index in [1.165, 1.54) is 12.8 Å². The molecule has 1 aromatic carbocycles. The monoisotopic (exact) mass is 234 g/mol. The summed E-state index contributed by atoms with van der Waals surface area (Å²) in [6.45, 7) is 3.48. The Labute approximate surface area is 103 Å². The van der Waals surface area contributed by atoms with Crippen molar-refractivity contribution < 1.29 is 5.11 Å². The normalized spacial score (nSPS) is 21.4. The summed E-state index contributed by atoms with van der Waals surface area (Å²) >= 11 is 0. The first kappa shape index (κ1) is 12.4. The number of benzene rings is 1. The predicted molar refractivity (Wildman–Crippen MR) is 71.1 cm³/mol. The van der Waals surface area contributed by atoms with E-state index in [0.29, 0.717) is 12.1 Å². The minimum Gasteiger partial charge on any atom is -0.392 e. The van der Waals surface area contributed by atoms with Crippen LogP contribution in [-0.2, 0) is 6.61 Å². The second-order valence-electron chi connectivity index (χ2n) is 4.93. The number of hydrogen-bond donors (Lipinski definition) is 3. The number of aliphatic hydroxyl groups excluding tert-OH is 1. The molecule has 0 amide bonds. The van der Waals surface area contributed by atoms with Gasteiger partial charge in [0.05, 0.1) is 6.61 Å². The summed E-state index contributed by atoms with van der Waals surface area (Å²) in [5.41, 5.74) is 2.06. The average molecular weight is 234 g/mol. The van der Waals surface area contributed by atoms with E-state index in [9.17, 15) is 0 Å². The van der Waals surface area contributed by atoms with Gasteiger partial charge in [-0.15, -0.1) is 0 Å². The van der Waals surface area contributed by atoms with Crippen LogP contribution in [-0.4, -0.2) is 23.7 Å². The summed E-state index contributed by atoms with van der Waals surface area (Å²) in [4.78, 5) is 0. The average Bonchev–Trinajstić information content (AvgIpc) is 2.82. The van der Waals surface area contributed by atoms with Crippen LogP contribution in [0.4, 0.5) is 5.69 Å². The molecule has 2 atom stereocenters. The van der Waals surface area contributed by atoms with E-state index in [0.717, 1.165) is 24.2 Å². The first-order chi connectivity index (χ1) is 8.28. The van der Waals surface area contributed by atoms with Crippen molar-refractivity contribution in [2.45, 2.75) is 44.9 Å². The number of anilines is 1. The Bertz CT molecular complexity index is 348. The van der Waals surface area contributed by atoms with Gasteiger partial charge in [-0.05, 0) is 50.4 Å². The van der Waals surface area contributed by atoms with Crippen molar-refractivity contribution in [2.75, 3.05) is 11.9 Å². The van der Waals surface area contributed by atoms with Crippen molar-refractivity contribution in [2.24, 2.45) is 0 Å². The van der Waals surface area contributed by atoms with Crippen molar-refractivity contribution in [3.63, 3.8) is 0 Å². The fraction of sp³-hybridized carbons (Fsp3) is 0.571. The maximum Gasteiger partial charge on any atom is 0.0682 e. The third kappa shape index (κ3) is 3.72. The molecule has 94 valence electrons. The van der Waals surface area contributed by atoms with Crippen LogP contribution in [0.5, 0.6) is 0 Å². The van der Waals surface area contributed by atoms with E-state index in [-0.39, 0.29) is 6.61 Å². The standard InChI is InChI=1S/C14H22N2O/c1-11(8-13-6-3-7-15-13)16-14-5-2-4-12(9-14)10-17/h2,4-5,9,11,13,15-17H,3,6-8,10H2,1H3. The van der Waals surface area contributed by atoms with Crippen molar-refractivity contribution >= 4 is 5.69 Å². The van der Waals surface area contributed by atoms with Crippen molar-refractivity contribution in [1.82, 2.24) is 5.32 Å². The smallest absolute Gasteiger partial charge is 0.0682 e. The molecule has 0 aromatic heterocycles. The third-order valence-electron chi connectivity index (χ3n) is 3.32. The SMILES string of the molecule is CC(CC1CCCN1)Nc1cccc(CO)c1. The lowest BCUT2D eigenvalue weighted by molar-refractivity contribution is 0.282. The van der Waals surface area contributed by atoms with E-state index in [1.54, 1.807) is 0 Å². The Morgan fingerprint density at radius 3 is 3.12 bits per heavy atom. The van der Waals surface area contributed by atoms with Crippen molar-refractivity contribution in [1.29, 1.82) is 0 Å². The van der Waals surface area contributed by atoms with Gasteiger partial charge in [-0.25, -0.2) is 0 Å². The zero-order chi connectivity index (χ0) is 12.1. The molecule has 0 bridgehead atoms. The summed E-state index contributed by atoms with van der Waals surface area (Å²) in [5, 5.41) is 16.1. The topological polar surface area (TPSA) is 44.3 Å². The Kier molecular flexibility index (Phi) is 4.40. The van der Waals surface area contributed by atoms with E-state index < -0.39 is 0 Å². The van der Waals surface area contributed by atoms with Crippen LogP contribution in [0.1, 0.15) is 31.7 Å². The van der Waals surface area contributed by atoms with Gasteiger partial charge >= 0.3 is 0 Å². The molecular weight excluding hydrogens is 212 g/mol. The predicted octanol–water partition coefficient (Wildman–Crippen LogP) is 2.12. The largest absolute Gasteiger partial charge is 0.392 e. The summed E-state index contributed by atoms with van der Waals surface area (Å²) in [6, 6.07) is 9.11. The molecule has 3 heteroatoms. The molecule has 0 aliphatic carbocycles. The van der Waals surface area contributed by atoms with Crippen LogP contribution >= 0.6 is 0 Å². The Balaban J connectivity index is 1.85. The molecule has 17 heavy (non-hydrogen) atoms. The lowest BCUT2D eigenvalue weighted by Gasteiger charge is -2.19. The molecule has 1 aliphatic heterocycles. The summed E-state index contributed by atoms with van der Waals surface area (Å²) in [5.74, 6) is 0. The summed E-state index contributed by atoms with van der Waals surface area (Å²) in [7, 11) is 0. The molecule has 3 nitrogen and oxygen atoms in total. The highest BCUT2D eigenvalue weighted by atomic mass is 16.3. The molecule has 1 aliphatic rings. The Morgan fingerprint density at radius 2 is 2.41 bits per heavy atom. The fourth-order valence-corrected chi connectivity index (χ4v) is 2.49. The molecule has 0 radical (unpaired) electrons. The van der Waals surface area contributed by atoms with Gasteiger partial charge in [0.15, 0.2) is 0 Å². The van der Waals surface area contributed by atoms with Crippen LogP contribution in [0, 0.1) is 0 Å². The highest BCUT2D eigenvalue weighted by Gasteiger charge is 2.16. The lowest BCUT2D eigenvalue weighted by atomic mass is 10.1. The molecule has 0 spiro atoms. The van der Waals surface area contributed by atoms with Crippen molar-refractivity contribution in [3.05, 3.63) is 29.8 Å². The molecule has 3 N–H and O–H groups in total. The molecule has 1 saturated heterocycles. The van der Waals surface area contributed by atoms with Gasteiger partial charge in [0.2, 0.25) is 0 Å². The highest BCUT2D eigenvalue weighted by molar-refractivity contribution is 5.46. The fourth-order valence-electron chi connectivity index (χ4n) is 2.49. The van der Waals surface area contributed by atoms with Gasteiger partial charge < -0.3 is 15.7 Å². The van der Waals surface area contributed by atoms with Crippen LogP contribution < -0.4 is 10.6 Å². The lowest BCUT2D eigenvalue weighted by Crippen LogP contribution is -2.29. The maximum absolute atomic E-state index is 9.09. The number of aliphatic hydroxyl groups is 1. The summed E-state index contributed by atoms with van der Waals surface area (Å²) in [6.07, 6.45) is 3.75. The van der Waals surface area contributed by atoms with Gasteiger partial charge in [0, 0.05) is 17.8 Å². The highest BCUT2D eigenvalue weighted by Crippen LogP contribution is 2.16. The zero-order valence-electron chi connectivity index (χ0n) is 10.4. The molecule has 1 heterocycles. The first-order valence-corrected chi connectivity index (χ1v) is 6.47. The Morgan fingerprint density at radius 1 is 1.53 bits per heavy atom. The van der Waals surface area contributed by atoms with E-state index >= 15 is 0 Å². The number of hydrogen-bond acceptors (Lipinski definition) is 3. The maximum atomic E-state index is 9.09. The van der Waals surface area contributed by atoms with Crippen LogP contribution in [0.25, 0.3) is 0 Å². The quantitative estimate of drug-likeness (QED) is 0.731. The van der Waals surface area contributed by atoms with E-state index in [4.69, 9.17) is 5.11 Å². The van der Waals surface area contributed by atoms with E-state index in [1.807, 2.05) is 18.2 Å². The van der Waals surface area contributed by atoms with Gasteiger partial charge in [-0.2, -0.15) is 0 Å². The molecule has 1 fully saturated rings. The molecule has 2 unspecified atom stereocenters. The first-order valence-electron chi connectivity index (χ1n) is 6.47. The number of nitrogens with one attached hydrogen (secondary N) is 2. The van der Waals surface area contributed by atoms with Crippen LogP contribution in [0.3, 0.4) is 0 Å².